The van der Waals surface area contributed by atoms with Crippen LogP contribution in [0, 0.1) is 5.41 Å². The lowest BCUT2D eigenvalue weighted by Gasteiger charge is -2.31. The van der Waals surface area contributed by atoms with E-state index in [0.29, 0.717) is 17.1 Å². The fraction of sp³-hybridized carbons (Fsp3) is 0.207. The van der Waals surface area contributed by atoms with Gasteiger partial charge in [-0.1, -0.05) is 42.5 Å². The van der Waals surface area contributed by atoms with Crippen molar-refractivity contribution in [3.63, 3.8) is 0 Å². The van der Waals surface area contributed by atoms with E-state index in [0.717, 1.165) is 27.8 Å². The fourth-order valence-electron chi connectivity index (χ4n) is 5.07. The second-order valence-electron chi connectivity index (χ2n) is 9.60. The van der Waals surface area contributed by atoms with Crippen molar-refractivity contribution >= 4 is 28.3 Å². The molecule has 6 nitrogen and oxygen atoms in total. The first-order valence-electron chi connectivity index (χ1n) is 11.7. The Labute approximate surface area is 214 Å². The van der Waals surface area contributed by atoms with E-state index in [-0.39, 0.29) is 23.5 Å². The van der Waals surface area contributed by atoms with Crippen molar-refractivity contribution in [1.82, 2.24) is 9.88 Å². The van der Waals surface area contributed by atoms with Gasteiger partial charge in [-0.15, -0.1) is 11.3 Å². The van der Waals surface area contributed by atoms with Gasteiger partial charge in [0, 0.05) is 37.2 Å². The van der Waals surface area contributed by atoms with E-state index in [2.05, 4.69) is 10.3 Å². The lowest BCUT2D eigenvalue weighted by atomic mass is 9.73. The van der Waals surface area contributed by atoms with Gasteiger partial charge in [-0.25, -0.2) is 4.98 Å². The molecule has 0 radical (unpaired) electrons. The van der Waals surface area contributed by atoms with Crippen LogP contribution in [-0.4, -0.2) is 40.9 Å². The first kappa shape index (κ1) is 23.8. The Kier molecular flexibility index (Phi) is 6.10. The van der Waals surface area contributed by atoms with Gasteiger partial charge in [0.1, 0.15) is 5.75 Å². The summed E-state index contributed by atoms with van der Waals surface area (Å²) >= 11 is 1.39. The number of amides is 2. The molecule has 7 heteroatoms. The Hall–Kier alpha value is -3.97. The van der Waals surface area contributed by atoms with Gasteiger partial charge in [-0.05, 0) is 65.4 Å². The smallest absolute Gasteiger partial charge is 0.253 e. The average molecular weight is 498 g/mol. The van der Waals surface area contributed by atoms with Gasteiger partial charge in [0.2, 0.25) is 5.91 Å². The number of nitrogens with one attached hydrogen (secondary N) is 1. The summed E-state index contributed by atoms with van der Waals surface area (Å²) in [7, 11) is 3.47. The number of phenolic OH excluding ortho intramolecular Hbond substituents is 1. The van der Waals surface area contributed by atoms with Crippen LogP contribution in [0.3, 0.4) is 0 Å². The first-order valence-corrected chi connectivity index (χ1v) is 12.6. The quantitative estimate of drug-likeness (QED) is 0.379. The number of aromatic nitrogens is 1. The average Bonchev–Trinajstić information content (AvgIpc) is 3.49. The third-order valence-electron chi connectivity index (χ3n) is 6.92. The summed E-state index contributed by atoms with van der Waals surface area (Å²) in [4.78, 5) is 31.5. The zero-order valence-electron chi connectivity index (χ0n) is 20.4. The van der Waals surface area contributed by atoms with Crippen molar-refractivity contribution < 1.29 is 14.7 Å². The van der Waals surface area contributed by atoms with Crippen molar-refractivity contribution in [2.45, 2.75) is 19.3 Å². The molecule has 182 valence electrons. The first-order chi connectivity index (χ1) is 17.3. The normalized spacial score (nSPS) is 18.5. The monoisotopic (exact) mass is 497 g/mol. The molecule has 1 aromatic heterocycles. The number of fused-ring (bicyclic) bond motifs is 1. The van der Waals surface area contributed by atoms with Crippen LogP contribution in [0.25, 0.3) is 11.1 Å². The third-order valence-corrected chi connectivity index (χ3v) is 7.61. The number of nitrogens with zero attached hydrogens (tertiary/aromatic N) is 2. The highest BCUT2D eigenvalue weighted by Crippen LogP contribution is 2.52. The molecule has 1 aliphatic rings. The minimum Gasteiger partial charge on any atom is -0.508 e. The Morgan fingerprint density at radius 1 is 1.03 bits per heavy atom. The van der Waals surface area contributed by atoms with Crippen LogP contribution >= 0.6 is 11.3 Å². The largest absolute Gasteiger partial charge is 0.508 e. The van der Waals surface area contributed by atoms with Gasteiger partial charge in [0.25, 0.3) is 5.91 Å². The molecule has 0 bridgehead atoms. The van der Waals surface area contributed by atoms with E-state index in [4.69, 9.17) is 0 Å². The van der Waals surface area contributed by atoms with Crippen LogP contribution < -0.4 is 5.32 Å². The summed E-state index contributed by atoms with van der Waals surface area (Å²) in [6.45, 7) is 1.98. The van der Waals surface area contributed by atoms with Crippen LogP contribution in [0.2, 0.25) is 0 Å². The van der Waals surface area contributed by atoms with Crippen molar-refractivity contribution in [3.05, 3.63) is 101 Å². The van der Waals surface area contributed by atoms with Crippen LogP contribution in [0.15, 0.2) is 78.3 Å². The van der Waals surface area contributed by atoms with Gasteiger partial charge < -0.3 is 15.3 Å². The minimum absolute atomic E-state index is 0.0321. The molecule has 0 unspecified atom stereocenters. The predicted molar refractivity (Wildman–Crippen MR) is 142 cm³/mol. The highest BCUT2D eigenvalue weighted by molar-refractivity contribution is 7.13. The van der Waals surface area contributed by atoms with Crippen LogP contribution in [0.1, 0.15) is 39.9 Å². The van der Waals surface area contributed by atoms with Crippen LogP contribution in [0.5, 0.6) is 5.75 Å². The lowest BCUT2D eigenvalue weighted by Crippen LogP contribution is -2.37. The van der Waals surface area contributed by atoms with Gasteiger partial charge in [-0.3, -0.25) is 9.59 Å². The number of hydrogen-bond donors (Lipinski definition) is 2. The molecule has 2 N–H and O–H groups in total. The molecular formula is C29H27N3O3S. The molecule has 0 spiro atoms. The summed E-state index contributed by atoms with van der Waals surface area (Å²) in [6, 6.07) is 21.1. The maximum atomic E-state index is 13.6. The summed E-state index contributed by atoms with van der Waals surface area (Å²) in [5, 5.41) is 15.6. The predicted octanol–water partition coefficient (Wildman–Crippen LogP) is 5.55. The minimum atomic E-state index is -0.752. The fourth-order valence-corrected chi connectivity index (χ4v) is 5.59. The van der Waals surface area contributed by atoms with Crippen LogP contribution in [-0.2, 0) is 11.2 Å². The van der Waals surface area contributed by atoms with E-state index in [1.165, 1.54) is 11.3 Å². The maximum absolute atomic E-state index is 13.6. The molecule has 36 heavy (non-hydrogen) atoms. The summed E-state index contributed by atoms with van der Waals surface area (Å²) in [5.74, 6) is -0.167. The molecule has 0 aliphatic heterocycles. The number of hydrogen-bond acceptors (Lipinski definition) is 5. The standard InChI is InChI=1S/C29H27N3O3S/c1-29(27(35)31-28-30-14-15-36-28)17-22-12-13-23(33)16-24(22)25(29)20-8-4-18(5-9-20)19-6-10-21(11-7-19)26(34)32(2)3/h4-16,25,33H,17H2,1-3H3,(H,30,31,35)/t25-,29+/m1/s1. The van der Waals surface area contributed by atoms with Gasteiger partial charge >= 0.3 is 0 Å². The summed E-state index contributed by atoms with van der Waals surface area (Å²) in [5.41, 5.74) is 4.93. The molecule has 3 aromatic carbocycles. The second-order valence-corrected chi connectivity index (χ2v) is 10.5. The summed E-state index contributed by atoms with van der Waals surface area (Å²) in [6.07, 6.45) is 2.23. The van der Waals surface area contributed by atoms with Crippen LogP contribution in [0.4, 0.5) is 5.13 Å². The van der Waals surface area contributed by atoms with E-state index >= 15 is 0 Å². The van der Waals surface area contributed by atoms with Crippen molar-refractivity contribution in [1.29, 1.82) is 0 Å². The molecule has 0 saturated heterocycles. The maximum Gasteiger partial charge on any atom is 0.253 e. The molecule has 1 heterocycles. The number of carbonyl (C=O) groups excluding carboxylic acids is 2. The number of carbonyl (C=O) groups is 2. The van der Waals surface area contributed by atoms with E-state index in [1.807, 2.05) is 66.9 Å². The van der Waals surface area contributed by atoms with Gasteiger partial charge in [0.15, 0.2) is 5.13 Å². The summed E-state index contributed by atoms with van der Waals surface area (Å²) < 4.78 is 0. The van der Waals surface area contributed by atoms with E-state index in [9.17, 15) is 14.7 Å². The lowest BCUT2D eigenvalue weighted by molar-refractivity contribution is -0.125. The highest BCUT2D eigenvalue weighted by atomic mass is 32.1. The molecule has 2 atom stereocenters. The number of benzene rings is 3. The highest BCUT2D eigenvalue weighted by Gasteiger charge is 2.49. The number of anilines is 1. The third kappa shape index (κ3) is 4.27. The SMILES string of the molecule is CN(C)C(=O)c1ccc(-c2ccc([C@@H]3c4cc(O)ccc4C[C@]3(C)C(=O)Nc3nccs3)cc2)cc1. The second kappa shape index (κ2) is 9.24. The Morgan fingerprint density at radius 3 is 2.31 bits per heavy atom. The zero-order chi connectivity index (χ0) is 25.4. The molecule has 1 aliphatic carbocycles. The van der Waals surface area contributed by atoms with Crippen molar-refractivity contribution in [2.75, 3.05) is 19.4 Å². The topological polar surface area (TPSA) is 82.5 Å². The number of phenols is 1. The molecular weight excluding hydrogens is 470 g/mol. The molecule has 0 fully saturated rings. The number of thiazole rings is 1. The van der Waals surface area contributed by atoms with Crippen molar-refractivity contribution in [2.24, 2.45) is 5.41 Å². The molecule has 4 aromatic rings. The molecule has 0 saturated carbocycles. The van der Waals surface area contributed by atoms with E-state index < -0.39 is 5.41 Å². The Bertz CT molecular complexity index is 1410. The number of aromatic hydroxyl groups is 1. The van der Waals surface area contributed by atoms with Gasteiger partial charge in [0.05, 0.1) is 5.41 Å². The van der Waals surface area contributed by atoms with E-state index in [1.54, 1.807) is 37.3 Å². The Balaban J connectivity index is 1.48. The molecule has 2 amide bonds. The molecule has 5 rings (SSSR count). The Morgan fingerprint density at radius 2 is 1.69 bits per heavy atom. The van der Waals surface area contributed by atoms with Gasteiger partial charge in [-0.2, -0.15) is 0 Å². The zero-order valence-corrected chi connectivity index (χ0v) is 21.2. The number of rotatable bonds is 5. The van der Waals surface area contributed by atoms with Crippen molar-refractivity contribution in [3.8, 4) is 16.9 Å².